The van der Waals surface area contributed by atoms with Crippen LogP contribution in [-0.4, -0.2) is 9.72 Å². The predicted octanol–water partition coefficient (Wildman–Crippen LogP) is 2.42. The number of nitrogens with zero attached hydrogens (tertiary/aromatic N) is 2. The van der Waals surface area contributed by atoms with Crippen molar-refractivity contribution in [2.75, 3.05) is 5.73 Å². The Morgan fingerprint density at radius 1 is 1.31 bits per heavy atom. The maximum atomic E-state index is 5.81. The molecule has 0 spiro atoms. The summed E-state index contributed by atoms with van der Waals surface area (Å²) in [6, 6.07) is 8.08. The molecule has 3 rings (SSSR count). The van der Waals surface area contributed by atoms with Crippen molar-refractivity contribution in [1.82, 2.24) is 9.72 Å². The monoisotopic (exact) mass is 213 g/mol. The molecule has 2 aromatic heterocycles. The lowest BCUT2D eigenvalue weighted by atomic mass is 10.1. The van der Waals surface area contributed by atoms with E-state index in [9.17, 15) is 0 Å². The molecule has 3 aromatic rings. The Bertz CT molecular complexity index is 651. The fraction of sp³-hybridized carbons (Fsp3) is 0.0833. The molecule has 0 aliphatic rings. The van der Waals surface area contributed by atoms with Gasteiger partial charge in [0.25, 0.3) is 0 Å². The first-order valence-electron chi connectivity index (χ1n) is 5.02. The number of hydrogen-bond donors (Lipinski definition) is 1. The lowest BCUT2D eigenvalue weighted by Gasteiger charge is -2.01. The smallest absolute Gasteiger partial charge is 0.190 e. The number of nitrogen functional groups attached to an aromatic ring is 1. The highest BCUT2D eigenvalue weighted by molar-refractivity contribution is 5.96. The van der Waals surface area contributed by atoms with Crippen LogP contribution in [0.3, 0.4) is 0 Å². The van der Waals surface area contributed by atoms with Crippen molar-refractivity contribution in [1.29, 1.82) is 0 Å². The van der Waals surface area contributed by atoms with Crippen LogP contribution in [0.2, 0.25) is 0 Å². The lowest BCUT2D eigenvalue weighted by Crippen LogP contribution is -1.87. The van der Waals surface area contributed by atoms with E-state index in [0.29, 0.717) is 11.4 Å². The van der Waals surface area contributed by atoms with Gasteiger partial charge in [0, 0.05) is 29.7 Å². The van der Waals surface area contributed by atoms with Crippen LogP contribution >= 0.6 is 0 Å². The van der Waals surface area contributed by atoms with Gasteiger partial charge in [-0.25, -0.2) is 0 Å². The molecule has 2 heterocycles. The van der Waals surface area contributed by atoms with E-state index >= 15 is 0 Å². The van der Waals surface area contributed by atoms with Gasteiger partial charge in [0.1, 0.15) is 5.69 Å². The van der Waals surface area contributed by atoms with Crippen LogP contribution in [0.25, 0.3) is 22.2 Å². The summed E-state index contributed by atoms with van der Waals surface area (Å²) in [5.41, 5.74) is 8.50. The number of nitrogens with two attached hydrogens (primary N) is 1. The molecule has 0 saturated carbocycles. The normalized spacial score (nSPS) is 11.1. The van der Waals surface area contributed by atoms with Gasteiger partial charge in [-0.1, -0.05) is 17.3 Å². The third kappa shape index (κ3) is 1.13. The highest BCUT2D eigenvalue weighted by atomic mass is 16.5. The van der Waals surface area contributed by atoms with Gasteiger partial charge in [-0.3, -0.25) is 0 Å². The van der Waals surface area contributed by atoms with Crippen LogP contribution in [0, 0.1) is 0 Å². The molecular weight excluding hydrogens is 202 g/mol. The summed E-state index contributed by atoms with van der Waals surface area (Å²) in [6.07, 6.45) is 3.54. The molecule has 80 valence electrons. The molecule has 0 aliphatic heterocycles. The number of aromatic nitrogens is 2. The van der Waals surface area contributed by atoms with E-state index in [-0.39, 0.29) is 0 Å². The molecule has 0 radical (unpaired) electrons. The van der Waals surface area contributed by atoms with Gasteiger partial charge in [-0.15, -0.1) is 0 Å². The maximum absolute atomic E-state index is 5.81. The Labute approximate surface area is 92.3 Å². The van der Waals surface area contributed by atoms with E-state index in [1.54, 1.807) is 0 Å². The minimum Gasteiger partial charge on any atom is -0.394 e. The van der Waals surface area contributed by atoms with Crippen molar-refractivity contribution in [3.05, 3.63) is 36.7 Å². The Balaban J connectivity index is 2.36. The van der Waals surface area contributed by atoms with Gasteiger partial charge in [0.15, 0.2) is 5.76 Å². The molecule has 1 aromatic carbocycles. The second kappa shape index (κ2) is 3.13. The van der Waals surface area contributed by atoms with Crippen LogP contribution in [0.15, 0.2) is 41.2 Å². The minimum atomic E-state index is 0.566. The zero-order chi connectivity index (χ0) is 11.1. The Hall–Kier alpha value is -2.23. The van der Waals surface area contributed by atoms with Gasteiger partial charge >= 0.3 is 0 Å². The van der Waals surface area contributed by atoms with E-state index in [2.05, 4.69) is 15.8 Å². The van der Waals surface area contributed by atoms with E-state index < -0.39 is 0 Å². The number of hydrogen-bond acceptors (Lipinski definition) is 3. The Morgan fingerprint density at radius 3 is 2.94 bits per heavy atom. The summed E-state index contributed by atoms with van der Waals surface area (Å²) in [4.78, 5) is 0. The number of benzene rings is 1. The average molecular weight is 213 g/mol. The Kier molecular flexibility index (Phi) is 1.77. The quantitative estimate of drug-likeness (QED) is 0.675. The molecule has 0 bridgehead atoms. The second-order valence-corrected chi connectivity index (χ2v) is 3.78. The third-order valence-electron chi connectivity index (χ3n) is 2.77. The topological polar surface area (TPSA) is 57.0 Å². The zero-order valence-electron chi connectivity index (χ0n) is 8.84. The fourth-order valence-electron chi connectivity index (χ4n) is 1.95. The molecule has 0 unspecified atom stereocenters. The molecule has 0 amide bonds. The highest BCUT2D eigenvalue weighted by Crippen LogP contribution is 2.32. The summed E-state index contributed by atoms with van der Waals surface area (Å²) >= 11 is 0. The standard InChI is InChI=1S/C12H11N3O/c1-15-6-5-8-9(3-2-4-11(8)15)12-10(13)7-14-16-12/h2-7H,13H2,1H3. The second-order valence-electron chi connectivity index (χ2n) is 3.78. The van der Waals surface area contributed by atoms with Crippen molar-refractivity contribution in [2.45, 2.75) is 0 Å². The summed E-state index contributed by atoms with van der Waals surface area (Å²) < 4.78 is 7.24. The average Bonchev–Trinajstić information content (AvgIpc) is 2.86. The van der Waals surface area contributed by atoms with Crippen molar-refractivity contribution in [3.8, 4) is 11.3 Å². The zero-order valence-corrected chi connectivity index (χ0v) is 8.84. The van der Waals surface area contributed by atoms with Crippen molar-refractivity contribution in [2.24, 2.45) is 7.05 Å². The SMILES string of the molecule is Cn1ccc2c(-c3oncc3N)cccc21. The van der Waals surface area contributed by atoms with E-state index in [4.69, 9.17) is 10.3 Å². The van der Waals surface area contributed by atoms with Crippen LogP contribution < -0.4 is 5.73 Å². The summed E-state index contributed by atoms with van der Waals surface area (Å²) in [5, 5.41) is 4.82. The van der Waals surface area contributed by atoms with Crippen LogP contribution in [0.1, 0.15) is 0 Å². The first kappa shape index (κ1) is 9.03. The number of aryl methyl sites for hydroxylation is 1. The number of fused-ring (bicyclic) bond motifs is 1. The first-order valence-corrected chi connectivity index (χ1v) is 5.02. The predicted molar refractivity (Wildman–Crippen MR) is 62.8 cm³/mol. The highest BCUT2D eigenvalue weighted by Gasteiger charge is 2.12. The van der Waals surface area contributed by atoms with Gasteiger partial charge in [-0.05, 0) is 12.1 Å². The molecule has 16 heavy (non-hydrogen) atoms. The number of anilines is 1. The molecule has 0 aliphatic carbocycles. The Morgan fingerprint density at radius 2 is 2.19 bits per heavy atom. The lowest BCUT2D eigenvalue weighted by molar-refractivity contribution is 0.433. The largest absolute Gasteiger partial charge is 0.394 e. The van der Waals surface area contributed by atoms with Gasteiger partial charge in [0.2, 0.25) is 0 Å². The van der Waals surface area contributed by atoms with Crippen molar-refractivity contribution in [3.63, 3.8) is 0 Å². The van der Waals surface area contributed by atoms with Crippen LogP contribution in [-0.2, 0) is 7.05 Å². The maximum Gasteiger partial charge on any atom is 0.190 e. The molecule has 0 atom stereocenters. The van der Waals surface area contributed by atoms with Gasteiger partial charge in [-0.2, -0.15) is 0 Å². The molecule has 2 N–H and O–H groups in total. The van der Waals surface area contributed by atoms with Crippen molar-refractivity contribution < 1.29 is 4.52 Å². The van der Waals surface area contributed by atoms with Crippen LogP contribution in [0.5, 0.6) is 0 Å². The first-order chi connectivity index (χ1) is 7.77. The van der Waals surface area contributed by atoms with E-state index in [0.717, 1.165) is 16.5 Å². The fourth-order valence-corrected chi connectivity index (χ4v) is 1.95. The van der Waals surface area contributed by atoms with Gasteiger partial charge in [0.05, 0.1) is 6.20 Å². The molecule has 4 heteroatoms. The summed E-state index contributed by atoms with van der Waals surface area (Å²) in [5.74, 6) is 0.636. The van der Waals surface area contributed by atoms with Gasteiger partial charge < -0.3 is 14.8 Å². The number of rotatable bonds is 1. The molecule has 4 nitrogen and oxygen atoms in total. The molecular formula is C12H11N3O. The minimum absolute atomic E-state index is 0.566. The van der Waals surface area contributed by atoms with Crippen molar-refractivity contribution >= 4 is 16.6 Å². The molecule has 0 fully saturated rings. The summed E-state index contributed by atoms with van der Waals surface area (Å²) in [6.45, 7) is 0. The summed E-state index contributed by atoms with van der Waals surface area (Å²) in [7, 11) is 2.01. The van der Waals surface area contributed by atoms with Crippen LogP contribution in [0.4, 0.5) is 5.69 Å². The van der Waals surface area contributed by atoms with E-state index in [1.165, 1.54) is 6.20 Å². The van der Waals surface area contributed by atoms with E-state index in [1.807, 2.05) is 31.4 Å². The molecule has 0 saturated heterocycles. The third-order valence-corrected chi connectivity index (χ3v) is 2.77.